The fraction of sp³-hybridized carbons (Fsp3) is 0.500. The van der Waals surface area contributed by atoms with Crippen molar-refractivity contribution in [3.05, 3.63) is 35.7 Å². The Morgan fingerprint density at radius 1 is 1.24 bits per heavy atom. The molecular weight excluding hydrogens is 286 g/mol. The van der Waals surface area contributed by atoms with E-state index in [9.17, 15) is 0 Å². The van der Waals surface area contributed by atoms with E-state index in [0.29, 0.717) is 11.7 Å². The monoisotopic (exact) mass is 307 g/mol. The number of hydrogen-bond acceptors (Lipinski definition) is 4. The van der Waals surface area contributed by atoms with E-state index in [1.165, 1.54) is 18.4 Å². The van der Waals surface area contributed by atoms with Crippen LogP contribution in [0.3, 0.4) is 0 Å². The van der Waals surface area contributed by atoms with Crippen LogP contribution in [0.4, 0.5) is 0 Å². The van der Waals surface area contributed by atoms with Gasteiger partial charge in [0.25, 0.3) is 0 Å². The topological polar surface area (TPSA) is 51.0 Å². The Morgan fingerprint density at radius 3 is 2.62 bits per heavy atom. The lowest BCUT2D eigenvalue weighted by molar-refractivity contribution is 0.207. The molecule has 0 aliphatic carbocycles. The van der Waals surface area contributed by atoms with Crippen LogP contribution >= 0.6 is 12.4 Å². The van der Waals surface area contributed by atoms with Crippen molar-refractivity contribution >= 4 is 12.4 Å². The summed E-state index contributed by atoms with van der Waals surface area (Å²) in [5.41, 5.74) is 2.15. The van der Waals surface area contributed by atoms with Crippen molar-refractivity contribution in [2.75, 3.05) is 6.54 Å². The van der Waals surface area contributed by atoms with Gasteiger partial charge in [0.15, 0.2) is 0 Å². The highest BCUT2D eigenvalue weighted by Gasteiger charge is 2.34. The fourth-order valence-electron chi connectivity index (χ4n) is 2.69. The maximum atomic E-state index is 5.49. The van der Waals surface area contributed by atoms with Crippen LogP contribution in [0, 0.1) is 0 Å². The zero-order chi connectivity index (χ0) is 14.0. The SMILES string of the molecule is CCc1ccc(-c2noc(C3(C)CCCCN3)n2)cc1.Cl. The second-order valence-electron chi connectivity index (χ2n) is 5.69. The quantitative estimate of drug-likeness (QED) is 0.939. The number of rotatable bonds is 3. The first-order chi connectivity index (χ1) is 9.71. The van der Waals surface area contributed by atoms with Crippen LogP contribution in [-0.4, -0.2) is 16.7 Å². The molecule has 1 N–H and O–H groups in total. The molecule has 114 valence electrons. The van der Waals surface area contributed by atoms with E-state index in [4.69, 9.17) is 4.52 Å². The summed E-state index contributed by atoms with van der Waals surface area (Å²) in [7, 11) is 0. The van der Waals surface area contributed by atoms with Crippen molar-refractivity contribution < 1.29 is 4.52 Å². The summed E-state index contributed by atoms with van der Waals surface area (Å²) in [6.07, 6.45) is 4.50. The highest BCUT2D eigenvalue weighted by atomic mass is 35.5. The molecule has 3 rings (SSSR count). The summed E-state index contributed by atoms with van der Waals surface area (Å²) < 4.78 is 5.49. The third kappa shape index (κ3) is 3.27. The minimum atomic E-state index is -0.174. The van der Waals surface area contributed by atoms with Gasteiger partial charge in [-0.2, -0.15) is 4.98 Å². The molecule has 1 unspecified atom stereocenters. The van der Waals surface area contributed by atoms with Crippen LogP contribution < -0.4 is 5.32 Å². The summed E-state index contributed by atoms with van der Waals surface area (Å²) >= 11 is 0. The fourth-order valence-corrected chi connectivity index (χ4v) is 2.69. The first-order valence-corrected chi connectivity index (χ1v) is 7.40. The Kier molecular flexibility index (Phi) is 5.01. The van der Waals surface area contributed by atoms with E-state index in [0.717, 1.165) is 24.9 Å². The molecular formula is C16H22ClN3O. The van der Waals surface area contributed by atoms with Gasteiger partial charge in [0.2, 0.25) is 11.7 Å². The number of piperidine rings is 1. The van der Waals surface area contributed by atoms with E-state index in [2.05, 4.69) is 53.6 Å². The van der Waals surface area contributed by atoms with Gasteiger partial charge in [-0.05, 0) is 44.7 Å². The Bertz CT molecular complexity index is 573. The van der Waals surface area contributed by atoms with Gasteiger partial charge in [-0.3, -0.25) is 0 Å². The zero-order valence-corrected chi connectivity index (χ0v) is 13.4. The summed E-state index contributed by atoms with van der Waals surface area (Å²) in [4.78, 5) is 4.59. The summed E-state index contributed by atoms with van der Waals surface area (Å²) in [6.45, 7) is 5.31. The van der Waals surface area contributed by atoms with Gasteiger partial charge < -0.3 is 9.84 Å². The largest absolute Gasteiger partial charge is 0.337 e. The molecule has 0 saturated carbocycles. The van der Waals surface area contributed by atoms with Gasteiger partial charge in [-0.25, -0.2) is 0 Å². The van der Waals surface area contributed by atoms with Gasteiger partial charge in [0, 0.05) is 5.56 Å². The maximum absolute atomic E-state index is 5.49. The molecule has 0 amide bonds. The number of benzene rings is 1. The molecule has 0 bridgehead atoms. The van der Waals surface area contributed by atoms with Crippen LogP contribution in [-0.2, 0) is 12.0 Å². The average Bonchev–Trinajstić information content (AvgIpc) is 2.99. The molecule has 2 aromatic rings. The smallest absolute Gasteiger partial charge is 0.246 e. The lowest BCUT2D eigenvalue weighted by Gasteiger charge is -2.31. The van der Waals surface area contributed by atoms with Crippen LogP contribution in [0.25, 0.3) is 11.4 Å². The van der Waals surface area contributed by atoms with E-state index in [1.54, 1.807) is 0 Å². The van der Waals surface area contributed by atoms with Gasteiger partial charge in [0.05, 0.1) is 5.54 Å². The van der Waals surface area contributed by atoms with Crippen molar-refractivity contribution in [3.8, 4) is 11.4 Å². The summed E-state index contributed by atoms with van der Waals surface area (Å²) in [5, 5.41) is 7.63. The Morgan fingerprint density at radius 2 is 2.00 bits per heavy atom. The Balaban J connectivity index is 0.00000161. The lowest BCUT2D eigenvalue weighted by atomic mass is 9.91. The highest BCUT2D eigenvalue weighted by molar-refractivity contribution is 5.85. The van der Waals surface area contributed by atoms with Gasteiger partial charge >= 0.3 is 0 Å². The van der Waals surface area contributed by atoms with E-state index in [-0.39, 0.29) is 17.9 Å². The highest BCUT2D eigenvalue weighted by Crippen LogP contribution is 2.30. The number of halogens is 1. The molecule has 0 spiro atoms. The zero-order valence-electron chi connectivity index (χ0n) is 12.6. The van der Waals surface area contributed by atoms with E-state index >= 15 is 0 Å². The van der Waals surface area contributed by atoms with Crippen molar-refractivity contribution in [2.45, 2.75) is 45.1 Å². The molecule has 2 heterocycles. The van der Waals surface area contributed by atoms with Gasteiger partial charge in [-0.15, -0.1) is 12.4 Å². The molecule has 1 saturated heterocycles. The molecule has 0 radical (unpaired) electrons. The lowest BCUT2D eigenvalue weighted by Crippen LogP contribution is -2.43. The molecule has 5 heteroatoms. The Labute approximate surface area is 131 Å². The second-order valence-corrected chi connectivity index (χ2v) is 5.69. The predicted molar refractivity (Wildman–Crippen MR) is 85.6 cm³/mol. The second kappa shape index (κ2) is 6.58. The minimum Gasteiger partial charge on any atom is -0.337 e. The molecule has 1 aromatic carbocycles. The number of aromatic nitrogens is 2. The normalized spacial score (nSPS) is 21.8. The number of nitrogens with one attached hydrogen (secondary N) is 1. The molecule has 1 fully saturated rings. The maximum Gasteiger partial charge on any atom is 0.246 e. The third-order valence-electron chi connectivity index (χ3n) is 4.14. The molecule has 1 atom stereocenters. The number of aryl methyl sites for hydroxylation is 1. The molecule has 1 aliphatic heterocycles. The van der Waals surface area contributed by atoms with Crippen molar-refractivity contribution in [1.82, 2.24) is 15.5 Å². The van der Waals surface area contributed by atoms with Crippen LogP contribution in [0.15, 0.2) is 28.8 Å². The standard InChI is InChI=1S/C16H21N3O.ClH/c1-3-12-6-8-13(9-7-12)14-18-15(20-19-14)16(2)10-4-5-11-17-16;/h6-9,17H,3-5,10-11H2,1-2H3;1H. The van der Waals surface area contributed by atoms with Crippen LogP contribution in [0.2, 0.25) is 0 Å². The first kappa shape index (κ1) is 16.0. The Hall–Kier alpha value is -1.39. The average molecular weight is 308 g/mol. The van der Waals surface area contributed by atoms with Crippen LogP contribution in [0.5, 0.6) is 0 Å². The predicted octanol–water partition coefficient (Wildman–Crippen LogP) is 3.71. The van der Waals surface area contributed by atoms with Crippen molar-refractivity contribution in [2.24, 2.45) is 0 Å². The molecule has 1 aromatic heterocycles. The molecule has 4 nitrogen and oxygen atoms in total. The van der Waals surface area contributed by atoms with Crippen molar-refractivity contribution in [1.29, 1.82) is 0 Å². The molecule has 1 aliphatic rings. The summed E-state index contributed by atoms with van der Waals surface area (Å²) in [5.74, 6) is 1.38. The minimum absolute atomic E-state index is 0. The number of nitrogens with zero attached hydrogens (tertiary/aromatic N) is 2. The first-order valence-electron chi connectivity index (χ1n) is 7.40. The van der Waals surface area contributed by atoms with E-state index < -0.39 is 0 Å². The van der Waals surface area contributed by atoms with E-state index in [1.807, 2.05) is 0 Å². The third-order valence-corrected chi connectivity index (χ3v) is 4.14. The summed E-state index contributed by atoms with van der Waals surface area (Å²) in [6, 6.07) is 8.35. The molecule has 21 heavy (non-hydrogen) atoms. The van der Waals surface area contributed by atoms with Gasteiger partial charge in [-0.1, -0.05) is 36.3 Å². The van der Waals surface area contributed by atoms with Crippen LogP contribution in [0.1, 0.15) is 44.6 Å². The number of hydrogen-bond donors (Lipinski definition) is 1. The van der Waals surface area contributed by atoms with Crippen molar-refractivity contribution in [3.63, 3.8) is 0 Å². The van der Waals surface area contributed by atoms with Gasteiger partial charge in [0.1, 0.15) is 0 Å².